The van der Waals surface area contributed by atoms with E-state index < -0.39 is 0 Å². The van der Waals surface area contributed by atoms with Gasteiger partial charge in [0.1, 0.15) is 0 Å². The molecule has 1 aliphatic rings. The Balaban J connectivity index is 2.21. The minimum absolute atomic E-state index is 0.237. The lowest BCUT2D eigenvalue weighted by Gasteiger charge is -2.41. The fourth-order valence-corrected chi connectivity index (χ4v) is 2.63. The second-order valence-corrected chi connectivity index (χ2v) is 5.61. The van der Waals surface area contributed by atoms with Gasteiger partial charge in [-0.05, 0) is 11.5 Å². The lowest BCUT2D eigenvalue weighted by molar-refractivity contribution is 0.0857. The molecule has 0 spiro atoms. The van der Waals surface area contributed by atoms with Gasteiger partial charge in [-0.15, -0.1) is 0 Å². The van der Waals surface area contributed by atoms with Crippen LogP contribution in [0.25, 0.3) is 0 Å². The van der Waals surface area contributed by atoms with Crippen LogP contribution in [0.5, 0.6) is 0 Å². The van der Waals surface area contributed by atoms with Gasteiger partial charge in [0.25, 0.3) is 0 Å². The Morgan fingerprint density at radius 1 is 1.31 bits per heavy atom. The molecular weight excluding hydrogens is 200 g/mol. The average molecular weight is 222 g/mol. The number of nitrogens with one attached hydrogen (secondary N) is 1. The summed E-state index contributed by atoms with van der Waals surface area (Å²) in [7, 11) is 0. The first-order chi connectivity index (χ1) is 7.59. The Morgan fingerprint density at radius 3 is 2.50 bits per heavy atom. The molecule has 0 bridgehead atoms. The highest BCUT2D eigenvalue weighted by Gasteiger charge is 2.32. The zero-order valence-corrected chi connectivity index (χ0v) is 10.5. The first-order valence-electron chi connectivity index (χ1n) is 6.06. The van der Waals surface area contributed by atoms with Crippen molar-refractivity contribution in [3.63, 3.8) is 0 Å². The topological polar surface area (TPSA) is 28.4 Å². The molecule has 2 heterocycles. The molecule has 3 nitrogen and oxygen atoms in total. The lowest BCUT2D eigenvalue weighted by atomic mass is 9.82. The van der Waals surface area contributed by atoms with Crippen molar-refractivity contribution in [1.82, 2.24) is 10.2 Å². The highest BCUT2D eigenvalue weighted by atomic mass is 16.3. The largest absolute Gasteiger partial charge is 0.472 e. The molecule has 90 valence electrons. The number of furan rings is 1. The number of nitrogens with zero attached hydrogens (tertiary/aromatic N) is 1. The molecule has 0 aromatic carbocycles. The van der Waals surface area contributed by atoms with Gasteiger partial charge < -0.3 is 9.73 Å². The monoisotopic (exact) mass is 222 g/mol. The molecule has 1 fully saturated rings. The molecule has 16 heavy (non-hydrogen) atoms. The molecule has 1 atom stereocenters. The normalized spacial score (nSPS) is 20.9. The van der Waals surface area contributed by atoms with Crippen LogP contribution in [0.3, 0.4) is 0 Å². The summed E-state index contributed by atoms with van der Waals surface area (Å²) in [5, 5.41) is 3.40. The minimum Gasteiger partial charge on any atom is -0.472 e. The van der Waals surface area contributed by atoms with Crippen molar-refractivity contribution in [2.45, 2.75) is 26.8 Å². The van der Waals surface area contributed by atoms with Crippen molar-refractivity contribution in [3.8, 4) is 0 Å². The summed E-state index contributed by atoms with van der Waals surface area (Å²) >= 11 is 0. The number of hydrogen-bond donors (Lipinski definition) is 1. The van der Waals surface area contributed by atoms with Crippen molar-refractivity contribution in [2.24, 2.45) is 5.41 Å². The molecule has 1 saturated heterocycles. The van der Waals surface area contributed by atoms with Crippen molar-refractivity contribution in [3.05, 3.63) is 24.2 Å². The molecule has 1 aromatic rings. The van der Waals surface area contributed by atoms with Gasteiger partial charge >= 0.3 is 0 Å². The predicted molar refractivity (Wildman–Crippen MR) is 65.3 cm³/mol. The van der Waals surface area contributed by atoms with E-state index in [9.17, 15) is 0 Å². The molecular formula is C13H22N2O. The second-order valence-electron chi connectivity index (χ2n) is 5.61. The Morgan fingerprint density at radius 2 is 2.00 bits per heavy atom. The van der Waals surface area contributed by atoms with Crippen LogP contribution in [0, 0.1) is 5.41 Å². The smallest absolute Gasteiger partial charge is 0.0950 e. The van der Waals surface area contributed by atoms with Gasteiger partial charge in [0.05, 0.1) is 12.5 Å². The van der Waals surface area contributed by atoms with Gasteiger partial charge in [0.15, 0.2) is 0 Å². The van der Waals surface area contributed by atoms with Gasteiger partial charge in [-0.2, -0.15) is 0 Å². The Kier molecular flexibility index (Phi) is 3.36. The van der Waals surface area contributed by atoms with Crippen LogP contribution in [-0.2, 0) is 0 Å². The molecule has 0 radical (unpaired) electrons. The van der Waals surface area contributed by atoms with E-state index in [-0.39, 0.29) is 5.41 Å². The second kappa shape index (κ2) is 4.60. The van der Waals surface area contributed by atoms with Crippen LogP contribution in [-0.4, -0.2) is 31.1 Å². The molecule has 0 amide bonds. The van der Waals surface area contributed by atoms with E-state index in [1.165, 1.54) is 5.56 Å². The van der Waals surface area contributed by atoms with Crippen molar-refractivity contribution >= 4 is 0 Å². The molecule has 2 rings (SSSR count). The summed E-state index contributed by atoms with van der Waals surface area (Å²) in [5.74, 6) is 0. The zero-order valence-electron chi connectivity index (χ0n) is 10.5. The van der Waals surface area contributed by atoms with E-state index in [0.29, 0.717) is 6.04 Å². The van der Waals surface area contributed by atoms with Gasteiger partial charge in [-0.3, -0.25) is 4.90 Å². The van der Waals surface area contributed by atoms with E-state index in [1.54, 1.807) is 6.26 Å². The quantitative estimate of drug-likeness (QED) is 0.832. The highest BCUT2D eigenvalue weighted by molar-refractivity contribution is 5.15. The summed E-state index contributed by atoms with van der Waals surface area (Å²) in [6.45, 7) is 11.3. The van der Waals surface area contributed by atoms with Crippen LogP contribution in [0.1, 0.15) is 32.4 Å². The van der Waals surface area contributed by atoms with Gasteiger partial charge in [0, 0.05) is 37.8 Å². The molecule has 3 heteroatoms. The minimum atomic E-state index is 0.237. The fourth-order valence-electron chi connectivity index (χ4n) is 2.63. The summed E-state index contributed by atoms with van der Waals surface area (Å²) < 4.78 is 5.24. The van der Waals surface area contributed by atoms with Crippen LogP contribution >= 0.6 is 0 Å². The van der Waals surface area contributed by atoms with Gasteiger partial charge in [-0.1, -0.05) is 20.8 Å². The SMILES string of the molecule is CC(C)(C)[C@@H](c1ccoc1)N1CCNCC1. The molecule has 1 N–H and O–H groups in total. The fraction of sp³-hybridized carbons (Fsp3) is 0.692. The van der Waals surface area contributed by atoms with E-state index in [1.807, 2.05) is 6.26 Å². The van der Waals surface area contributed by atoms with E-state index in [2.05, 4.69) is 37.1 Å². The first kappa shape index (κ1) is 11.7. The summed E-state index contributed by atoms with van der Waals surface area (Å²) in [4.78, 5) is 2.56. The van der Waals surface area contributed by atoms with E-state index in [4.69, 9.17) is 4.42 Å². The Hall–Kier alpha value is -0.800. The lowest BCUT2D eigenvalue weighted by Crippen LogP contribution is -2.48. The third-order valence-corrected chi connectivity index (χ3v) is 3.20. The van der Waals surface area contributed by atoms with E-state index >= 15 is 0 Å². The molecule has 0 saturated carbocycles. The third kappa shape index (κ3) is 2.47. The summed E-state index contributed by atoms with van der Waals surface area (Å²) in [5.41, 5.74) is 1.54. The van der Waals surface area contributed by atoms with Crippen molar-refractivity contribution in [2.75, 3.05) is 26.2 Å². The Labute approximate surface area is 97.8 Å². The first-order valence-corrected chi connectivity index (χ1v) is 6.06. The zero-order chi connectivity index (χ0) is 11.6. The van der Waals surface area contributed by atoms with Crippen LogP contribution in [0.2, 0.25) is 0 Å². The number of rotatable bonds is 2. The highest BCUT2D eigenvalue weighted by Crippen LogP contribution is 2.38. The molecule has 0 aliphatic carbocycles. The van der Waals surface area contributed by atoms with Gasteiger partial charge in [-0.25, -0.2) is 0 Å². The predicted octanol–water partition coefficient (Wildman–Crippen LogP) is 2.27. The standard InChI is InChI=1S/C13H22N2O/c1-13(2,3)12(11-4-9-16-10-11)15-7-5-14-6-8-15/h4,9-10,12,14H,5-8H2,1-3H3/t12-/m1/s1. The maximum absolute atomic E-state index is 5.24. The molecule has 0 unspecified atom stereocenters. The summed E-state index contributed by atoms with van der Waals surface area (Å²) in [6, 6.07) is 2.55. The van der Waals surface area contributed by atoms with Crippen molar-refractivity contribution < 1.29 is 4.42 Å². The van der Waals surface area contributed by atoms with Crippen LogP contribution in [0.15, 0.2) is 23.0 Å². The van der Waals surface area contributed by atoms with E-state index in [0.717, 1.165) is 26.2 Å². The average Bonchev–Trinajstić information content (AvgIpc) is 2.71. The maximum Gasteiger partial charge on any atom is 0.0950 e. The molecule has 1 aromatic heterocycles. The maximum atomic E-state index is 5.24. The molecule has 1 aliphatic heterocycles. The number of hydrogen-bond acceptors (Lipinski definition) is 3. The summed E-state index contributed by atoms with van der Waals surface area (Å²) in [6.07, 6.45) is 3.66. The number of piperazine rings is 1. The Bertz CT molecular complexity index is 307. The van der Waals surface area contributed by atoms with Gasteiger partial charge in [0.2, 0.25) is 0 Å². The van der Waals surface area contributed by atoms with Crippen molar-refractivity contribution in [1.29, 1.82) is 0 Å². The van der Waals surface area contributed by atoms with Crippen LogP contribution < -0.4 is 5.32 Å². The van der Waals surface area contributed by atoms with Crippen LogP contribution in [0.4, 0.5) is 0 Å². The third-order valence-electron chi connectivity index (χ3n) is 3.20.